The van der Waals surface area contributed by atoms with E-state index in [1.807, 2.05) is 19.1 Å². The van der Waals surface area contributed by atoms with Gasteiger partial charge in [0.25, 0.3) is 0 Å². The molecule has 2 heterocycles. The molecule has 6 rings (SSSR count). The monoisotopic (exact) mass is 581 g/mol. The van der Waals surface area contributed by atoms with Crippen LogP contribution in [0, 0.1) is 5.82 Å². The van der Waals surface area contributed by atoms with Gasteiger partial charge in [-0.25, -0.2) is 13.4 Å². The highest BCUT2D eigenvalue weighted by atomic mass is 32.2. The highest BCUT2D eigenvalue weighted by Gasteiger charge is 2.48. The summed E-state index contributed by atoms with van der Waals surface area (Å²) in [7, 11) is 0. The molecule has 10 heteroatoms. The fourth-order valence-corrected chi connectivity index (χ4v) is 6.48. The lowest BCUT2D eigenvalue weighted by atomic mass is 9.90. The molecule has 0 radical (unpaired) electrons. The number of carbonyl (C=O) groups excluding carboxylic acids is 1. The van der Waals surface area contributed by atoms with Gasteiger partial charge in [-0.15, -0.1) is 0 Å². The van der Waals surface area contributed by atoms with Gasteiger partial charge in [-0.05, 0) is 78.8 Å². The molecule has 8 nitrogen and oxygen atoms in total. The van der Waals surface area contributed by atoms with E-state index < -0.39 is 22.8 Å². The summed E-state index contributed by atoms with van der Waals surface area (Å²) in [4.78, 5) is 16.9. The number of nitrogens with zero attached hydrogens (tertiary/aromatic N) is 2. The quantitative estimate of drug-likeness (QED) is 0.292. The van der Waals surface area contributed by atoms with Crippen molar-refractivity contribution < 1.29 is 27.4 Å². The molecule has 0 bridgehead atoms. The maximum Gasteiger partial charge on any atom is 0.415 e. The normalized spacial score (nSPS) is 19.1. The smallest absolute Gasteiger partial charge is 0.415 e. The van der Waals surface area contributed by atoms with Crippen molar-refractivity contribution in [3.8, 4) is 16.9 Å². The van der Waals surface area contributed by atoms with Gasteiger partial charge in [0.2, 0.25) is 0 Å². The van der Waals surface area contributed by atoms with Crippen LogP contribution in [0.3, 0.4) is 0 Å². The third kappa shape index (κ3) is 6.01. The number of anilines is 1. The summed E-state index contributed by atoms with van der Waals surface area (Å²) in [5.41, 5.74) is 4.33. The molecule has 3 aromatic rings. The van der Waals surface area contributed by atoms with Crippen molar-refractivity contribution >= 4 is 22.9 Å². The van der Waals surface area contributed by atoms with Gasteiger partial charge < -0.3 is 20.2 Å². The third-order valence-electron chi connectivity index (χ3n) is 8.18. The zero-order chi connectivity index (χ0) is 27.9. The maximum atomic E-state index is 13.6. The lowest BCUT2D eigenvalue weighted by Gasteiger charge is -2.37. The van der Waals surface area contributed by atoms with Gasteiger partial charge in [-0.3, -0.25) is 9.80 Å². The van der Waals surface area contributed by atoms with E-state index in [0.717, 1.165) is 54.9 Å². The molecule has 1 unspecified atom stereocenters. The Morgan fingerprint density at radius 3 is 2.46 bits per heavy atom. The second kappa shape index (κ2) is 11.9. The Bertz CT molecular complexity index is 1440. The number of halogens is 1. The number of hydrogen-bond acceptors (Lipinski definition) is 6. The Morgan fingerprint density at radius 1 is 1.10 bits per heavy atom. The number of piperidine rings is 1. The van der Waals surface area contributed by atoms with Crippen molar-refractivity contribution in [2.24, 2.45) is 0 Å². The minimum Gasteiger partial charge on any atom is -0.494 e. The van der Waals surface area contributed by atoms with Crippen LogP contribution in [0.2, 0.25) is 0 Å². The number of ether oxygens (including phenoxy) is 2. The largest absolute Gasteiger partial charge is 0.494 e. The molecular weight excluding hydrogens is 545 g/mol. The fraction of sp³-hybridized carbons (Fsp3) is 0.387. The van der Waals surface area contributed by atoms with Gasteiger partial charge in [-0.2, -0.15) is 0 Å². The summed E-state index contributed by atoms with van der Waals surface area (Å²) in [6, 6.07) is 17.7. The fourth-order valence-electron chi connectivity index (χ4n) is 5.93. The van der Waals surface area contributed by atoms with Gasteiger partial charge in [0, 0.05) is 38.0 Å². The van der Waals surface area contributed by atoms with Crippen LogP contribution in [0.25, 0.3) is 11.1 Å². The van der Waals surface area contributed by atoms with Crippen molar-refractivity contribution in [3.63, 3.8) is 0 Å². The van der Waals surface area contributed by atoms with E-state index >= 15 is 0 Å². The first kappa shape index (κ1) is 29.2. The number of hydrogen-bond donors (Lipinski definition) is 2. The number of benzene rings is 3. The molecule has 1 aliphatic carbocycles. The molecule has 1 spiro atoms. The Balaban J connectivity index is 0.00000337. The molecule has 2 aliphatic heterocycles. The zero-order valence-electron chi connectivity index (χ0n) is 23.2. The molecule has 1 atom stereocenters. The second-order valence-electron chi connectivity index (χ2n) is 10.9. The molecule has 41 heavy (non-hydrogen) atoms. The van der Waals surface area contributed by atoms with E-state index in [-0.39, 0.29) is 16.9 Å². The average molecular weight is 582 g/mol. The summed E-state index contributed by atoms with van der Waals surface area (Å²) in [6.07, 6.45) is 3.18. The minimum absolute atomic E-state index is 0. The molecule has 3 aromatic carbocycles. The molecule has 4 N–H and O–H groups in total. The zero-order valence-corrected chi connectivity index (χ0v) is 24.0. The van der Waals surface area contributed by atoms with Gasteiger partial charge >= 0.3 is 6.09 Å². The molecule has 1 amide bonds. The Morgan fingerprint density at radius 2 is 1.80 bits per heavy atom. The van der Waals surface area contributed by atoms with Crippen molar-refractivity contribution in [2.45, 2.75) is 55.6 Å². The van der Waals surface area contributed by atoms with Gasteiger partial charge in [-0.1, -0.05) is 24.3 Å². The first-order valence-electron chi connectivity index (χ1n) is 13.8. The van der Waals surface area contributed by atoms with Crippen LogP contribution in [0.15, 0.2) is 65.6 Å². The van der Waals surface area contributed by atoms with Crippen LogP contribution < -0.4 is 15.8 Å². The molecule has 3 fully saturated rings. The number of likely N-dealkylation sites (tertiary alicyclic amines) is 1. The van der Waals surface area contributed by atoms with Gasteiger partial charge in [0.1, 0.15) is 17.2 Å². The summed E-state index contributed by atoms with van der Waals surface area (Å²) >= 11 is -2.20. The van der Waals surface area contributed by atoms with E-state index in [0.29, 0.717) is 37.6 Å². The van der Waals surface area contributed by atoms with Crippen LogP contribution >= 0.6 is 0 Å². The molecule has 0 aromatic heterocycles. The first-order valence-corrected chi connectivity index (χ1v) is 14.9. The maximum absolute atomic E-state index is 13.6. The average Bonchev–Trinajstić information content (AvgIpc) is 3.75. The summed E-state index contributed by atoms with van der Waals surface area (Å²) in [6.45, 7) is 5.10. The SMILES string of the molecule is CCOc1cc(-c2ccc(F)cc2)c(C2CC2)cc1CN1CCC2(CC1)CN(c1ccccc1S(=O)O)C(=O)O2.N. The highest BCUT2D eigenvalue weighted by Crippen LogP contribution is 2.47. The van der Waals surface area contributed by atoms with Crippen LogP contribution in [-0.2, 0) is 22.4 Å². The predicted molar refractivity (Wildman–Crippen MR) is 157 cm³/mol. The number of para-hydroxylation sites is 1. The molecule has 3 aliphatic rings. The van der Waals surface area contributed by atoms with E-state index in [2.05, 4.69) is 17.0 Å². The van der Waals surface area contributed by atoms with E-state index in [9.17, 15) is 17.9 Å². The molecule has 2 saturated heterocycles. The standard InChI is InChI=1S/C31H33FN2O5S.H3N/c1-2-38-28-18-26(22-9-11-24(32)12-10-22)25(21-7-8-21)17-23(28)19-33-15-13-31(14-16-33)20-34(30(35)39-31)27-5-3-4-6-29(27)40(36)37;/h3-6,9-12,17-18,21H,2,7-8,13-16,19-20H2,1H3,(H,36,37);1H3. The van der Waals surface area contributed by atoms with Crippen molar-refractivity contribution in [1.29, 1.82) is 0 Å². The van der Waals surface area contributed by atoms with Crippen molar-refractivity contribution in [3.05, 3.63) is 77.6 Å². The molecular formula is C31H36FN3O5S. The Kier molecular flexibility index (Phi) is 8.47. The van der Waals surface area contributed by atoms with Crippen LogP contribution in [0.5, 0.6) is 5.75 Å². The summed E-state index contributed by atoms with van der Waals surface area (Å²) < 4.78 is 47.1. The number of carbonyl (C=O) groups is 1. The summed E-state index contributed by atoms with van der Waals surface area (Å²) in [5, 5.41) is 0. The highest BCUT2D eigenvalue weighted by molar-refractivity contribution is 7.79. The predicted octanol–water partition coefficient (Wildman–Crippen LogP) is 6.50. The van der Waals surface area contributed by atoms with Gasteiger partial charge in [0.15, 0.2) is 11.1 Å². The topological polar surface area (TPSA) is 114 Å². The van der Waals surface area contributed by atoms with Crippen LogP contribution in [0.4, 0.5) is 14.9 Å². The number of rotatable bonds is 8. The molecule has 1 saturated carbocycles. The van der Waals surface area contributed by atoms with Crippen LogP contribution in [0.1, 0.15) is 49.7 Å². The minimum atomic E-state index is -2.20. The van der Waals surface area contributed by atoms with E-state index in [1.165, 1.54) is 22.6 Å². The number of amides is 1. The summed E-state index contributed by atoms with van der Waals surface area (Å²) in [5.74, 6) is 1.11. The third-order valence-corrected chi connectivity index (χ3v) is 8.90. The second-order valence-corrected chi connectivity index (χ2v) is 11.8. The lowest BCUT2D eigenvalue weighted by Crippen LogP contribution is -2.46. The lowest BCUT2D eigenvalue weighted by molar-refractivity contribution is -0.00111. The van der Waals surface area contributed by atoms with E-state index in [4.69, 9.17) is 9.47 Å². The van der Waals surface area contributed by atoms with Gasteiger partial charge in [0.05, 0.1) is 23.7 Å². The first-order chi connectivity index (χ1) is 19.4. The van der Waals surface area contributed by atoms with Crippen LogP contribution in [-0.4, -0.2) is 51.6 Å². The Labute approximate surface area is 242 Å². The van der Waals surface area contributed by atoms with E-state index in [1.54, 1.807) is 24.3 Å². The van der Waals surface area contributed by atoms with Crippen molar-refractivity contribution in [1.82, 2.24) is 11.1 Å². The van der Waals surface area contributed by atoms with Crippen molar-refractivity contribution in [2.75, 3.05) is 31.1 Å². The Hall–Kier alpha value is -3.31. The molecule has 218 valence electrons.